The Labute approximate surface area is 187 Å². The Hall–Kier alpha value is -1.76. The molecule has 0 saturated heterocycles. The van der Waals surface area contributed by atoms with Crippen molar-refractivity contribution < 1.29 is 34.0 Å². The van der Waals surface area contributed by atoms with Gasteiger partial charge in [-0.3, -0.25) is 4.79 Å². The van der Waals surface area contributed by atoms with Gasteiger partial charge in [0.1, 0.15) is 12.7 Å². The maximum atomic E-state index is 11.8. The maximum absolute atomic E-state index is 11.8. The molecule has 1 aliphatic rings. The van der Waals surface area contributed by atoms with Crippen molar-refractivity contribution in [3.05, 3.63) is 11.5 Å². The molecule has 1 aliphatic heterocycles. The molecule has 0 aromatic carbocycles. The van der Waals surface area contributed by atoms with E-state index in [2.05, 4.69) is 11.7 Å². The summed E-state index contributed by atoms with van der Waals surface area (Å²) in [5.41, 5.74) is 0. The Morgan fingerprint density at radius 3 is 1.90 bits per heavy atom. The van der Waals surface area contributed by atoms with Crippen LogP contribution in [-0.4, -0.2) is 47.6 Å². The lowest BCUT2D eigenvalue weighted by molar-refractivity contribution is -0.153. The predicted molar refractivity (Wildman–Crippen MR) is 118 cm³/mol. The summed E-state index contributed by atoms with van der Waals surface area (Å²) in [5, 5.41) is 20.0. The highest BCUT2D eigenvalue weighted by molar-refractivity contribution is 5.89. The third-order valence-corrected chi connectivity index (χ3v) is 5.47. The van der Waals surface area contributed by atoms with Crippen molar-refractivity contribution in [1.29, 1.82) is 0 Å². The standard InChI is InChI=1S/C24H42O7/c1-3-4-5-6-7-8-9-10-11-12-13-14-15-16-17-29-23-21(27)22(31-24(23)28)20(26)18-30-19(2)25/h20,22,26-27H,3-18H2,1-2H3/t20-,22+/m0/s1. The fourth-order valence-electron chi connectivity index (χ4n) is 3.61. The van der Waals surface area contributed by atoms with Gasteiger partial charge in [-0.05, 0) is 6.42 Å². The summed E-state index contributed by atoms with van der Waals surface area (Å²) >= 11 is 0. The highest BCUT2D eigenvalue weighted by Gasteiger charge is 2.40. The quantitative estimate of drug-likeness (QED) is 0.212. The van der Waals surface area contributed by atoms with Crippen LogP contribution in [-0.2, 0) is 23.8 Å². The number of hydrogen-bond acceptors (Lipinski definition) is 7. The summed E-state index contributed by atoms with van der Waals surface area (Å²) < 4.78 is 15.0. The van der Waals surface area contributed by atoms with E-state index in [1.165, 1.54) is 77.6 Å². The molecule has 0 aliphatic carbocycles. The molecule has 7 heteroatoms. The largest absolute Gasteiger partial charge is 0.505 e. The van der Waals surface area contributed by atoms with Gasteiger partial charge in [0.05, 0.1) is 6.61 Å². The Morgan fingerprint density at radius 2 is 1.42 bits per heavy atom. The first-order chi connectivity index (χ1) is 15.0. The van der Waals surface area contributed by atoms with Gasteiger partial charge in [0.25, 0.3) is 0 Å². The van der Waals surface area contributed by atoms with Crippen LogP contribution in [0.1, 0.15) is 104 Å². The van der Waals surface area contributed by atoms with E-state index in [0.29, 0.717) is 6.61 Å². The van der Waals surface area contributed by atoms with Crippen molar-refractivity contribution in [2.45, 2.75) is 116 Å². The van der Waals surface area contributed by atoms with Crippen LogP contribution in [0.25, 0.3) is 0 Å². The van der Waals surface area contributed by atoms with Crippen molar-refractivity contribution in [1.82, 2.24) is 0 Å². The zero-order valence-electron chi connectivity index (χ0n) is 19.4. The molecule has 7 nitrogen and oxygen atoms in total. The highest BCUT2D eigenvalue weighted by Crippen LogP contribution is 2.24. The molecule has 1 heterocycles. The van der Waals surface area contributed by atoms with Gasteiger partial charge in [0.2, 0.25) is 5.76 Å². The van der Waals surface area contributed by atoms with Crippen LogP contribution in [0.4, 0.5) is 0 Å². The number of carbonyl (C=O) groups is 2. The SMILES string of the molecule is CCCCCCCCCCCCCCCCOC1=C(O)[C@@H]([C@@H](O)COC(C)=O)OC1=O. The van der Waals surface area contributed by atoms with Gasteiger partial charge >= 0.3 is 11.9 Å². The zero-order valence-corrected chi connectivity index (χ0v) is 19.4. The van der Waals surface area contributed by atoms with E-state index in [1.54, 1.807) is 0 Å². The van der Waals surface area contributed by atoms with Crippen molar-refractivity contribution in [3.8, 4) is 0 Å². The molecule has 180 valence electrons. The van der Waals surface area contributed by atoms with Crippen LogP contribution in [0, 0.1) is 0 Å². The Kier molecular flexibility index (Phi) is 14.8. The number of hydrogen-bond donors (Lipinski definition) is 2. The summed E-state index contributed by atoms with van der Waals surface area (Å²) in [7, 11) is 0. The first-order valence-electron chi connectivity index (χ1n) is 12.1. The topological polar surface area (TPSA) is 102 Å². The molecule has 0 amide bonds. The van der Waals surface area contributed by atoms with Crippen LogP contribution < -0.4 is 0 Å². The Balaban J connectivity index is 2.03. The summed E-state index contributed by atoms with van der Waals surface area (Å²) in [6.45, 7) is 3.39. The Bertz CT molecular complexity index is 544. The normalized spacial score (nSPS) is 17.0. The number of cyclic esters (lactones) is 1. The molecule has 31 heavy (non-hydrogen) atoms. The van der Waals surface area contributed by atoms with Crippen LogP contribution in [0.15, 0.2) is 11.5 Å². The van der Waals surface area contributed by atoms with E-state index in [9.17, 15) is 19.8 Å². The summed E-state index contributed by atoms with van der Waals surface area (Å²) in [4.78, 5) is 22.6. The van der Waals surface area contributed by atoms with Crippen LogP contribution >= 0.6 is 0 Å². The van der Waals surface area contributed by atoms with E-state index in [0.717, 1.165) is 19.3 Å². The molecular formula is C24H42O7. The molecule has 0 aromatic heterocycles. The molecule has 0 fully saturated rings. The van der Waals surface area contributed by atoms with Crippen LogP contribution in [0.5, 0.6) is 0 Å². The van der Waals surface area contributed by atoms with Crippen molar-refractivity contribution in [2.24, 2.45) is 0 Å². The summed E-state index contributed by atoms with van der Waals surface area (Å²) in [5.74, 6) is -2.09. The minimum atomic E-state index is -1.34. The second-order valence-corrected chi connectivity index (χ2v) is 8.35. The zero-order chi connectivity index (χ0) is 22.9. The molecule has 2 atom stereocenters. The van der Waals surface area contributed by atoms with Gasteiger partial charge < -0.3 is 24.4 Å². The lowest BCUT2D eigenvalue weighted by Gasteiger charge is -2.16. The predicted octanol–water partition coefficient (Wildman–Crippen LogP) is 5.10. The van der Waals surface area contributed by atoms with Crippen molar-refractivity contribution in [3.63, 3.8) is 0 Å². The number of unbranched alkanes of at least 4 members (excludes halogenated alkanes) is 13. The van der Waals surface area contributed by atoms with Gasteiger partial charge in [-0.2, -0.15) is 0 Å². The average molecular weight is 443 g/mol. The highest BCUT2D eigenvalue weighted by atomic mass is 16.6. The molecule has 0 spiro atoms. The third-order valence-electron chi connectivity index (χ3n) is 5.47. The molecule has 0 radical (unpaired) electrons. The van der Waals surface area contributed by atoms with Gasteiger partial charge in [-0.15, -0.1) is 0 Å². The fraction of sp³-hybridized carbons (Fsp3) is 0.833. The minimum Gasteiger partial charge on any atom is -0.505 e. The first kappa shape index (κ1) is 27.3. The second kappa shape index (κ2) is 16.9. The molecule has 0 unspecified atom stereocenters. The molecule has 1 rings (SSSR count). The molecular weight excluding hydrogens is 400 g/mol. The summed E-state index contributed by atoms with van der Waals surface area (Å²) in [6.07, 6.45) is 14.9. The van der Waals surface area contributed by atoms with Gasteiger partial charge in [0.15, 0.2) is 11.9 Å². The molecule has 0 bridgehead atoms. The molecule has 2 N–H and O–H groups in total. The monoisotopic (exact) mass is 442 g/mol. The van der Waals surface area contributed by atoms with Gasteiger partial charge in [-0.25, -0.2) is 4.79 Å². The number of rotatable bonds is 19. The van der Waals surface area contributed by atoms with E-state index < -0.39 is 29.9 Å². The van der Waals surface area contributed by atoms with Gasteiger partial charge in [0, 0.05) is 6.92 Å². The first-order valence-corrected chi connectivity index (χ1v) is 12.1. The number of carbonyl (C=O) groups excluding carboxylic acids is 2. The molecule has 0 saturated carbocycles. The van der Waals surface area contributed by atoms with Crippen molar-refractivity contribution >= 4 is 11.9 Å². The smallest absolute Gasteiger partial charge is 0.378 e. The number of esters is 2. The van der Waals surface area contributed by atoms with Crippen LogP contribution in [0.2, 0.25) is 0 Å². The van der Waals surface area contributed by atoms with E-state index in [1.807, 2.05) is 0 Å². The lowest BCUT2D eigenvalue weighted by Crippen LogP contribution is -2.33. The minimum absolute atomic E-state index is 0.262. The lowest BCUT2D eigenvalue weighted by atomic mass is 10.0. The molecule has 0 aromatic rings. The average Bonchev–Trinajstić information content (AvgIpc) is 3.02. The van der Waals surface area contributed by atoms with E-state index in [-0.39, 0.29) is 12.4 Å². The van der Waals surface area contributed by atoms with E-state index in [4.69, 9.17) is 9.47 Å². The number of ether oxygens (including phenoxy) is 3. The fourth-order valence-corrected chi connectivity index (χ4v) is 3.61. The van der Waals surface area contributed by atoms with Crippen molar-refractivity contribution in [2.75, 3.05) is 13.2 Å². The number of aliphatic hydroxyl groups excluding tert-OH is 2. The van der Waals surface area contributed by atoms with Crippen LogP contribution in [0.3, 0.4) is 0 Å². The second-order valence-electron chi connectivity index (χ2n) is 8.35. The maximum Gasteiger partial charge on any atom is 0.378 e. The number of aliphatic hydroxyl groups is 2. The summed E-state index contributed by atoms with van der Waals surface area (Å²) in [6, 6.07) is 0. The Morgan fingerprint density at radius 1 is 0.935 bits per heavy atom. The van der Waals surface area contributed by atoms with Gasteiger partial charge in [-0.1, -0.05) is 90.4 Å². The third kappa shape index (κ3) is 12.0. The van der Waals surface area contributed by atoms with E-state index >= 15 is 0 Å².